The van der Waals surface area contributed by atoms with Crippen molar-refractivity contribution in [3.8, 4) is 5.75 Å². The van der Waals surface area contributed by atoms with E-state index >= 15 is 0 Å². The maximum atomic E-state index is 13.7. The Morgan fingerprint density at radius 3 is 2.18 bits per heavy atom. The lowest BCUT2D eigenvalue weighted by Crippen LogP contribution is -2.33. The Labute approximate surface area is 194 Å². The van der Waals surface area contributed by atoms with E-state index in [1.165, 1.54) is 4.90 Å². The van der Waals surface area contributed by atoms with Crippen LogP contribution in [-0.2, 0) is 9.59 Å². The normalized spacial score (nSPS) is 13.8. The standard InChI is InChI=1S/C28H28N2O3/c1-17(2)33-22-14-12-21(13-15-22)25-26(29-23-16-18(3)10-11-19(23)4)28(32)30(27(25)31)24-9-7-6-8-20(24)5/h6-17,29H,1-5H3. The Bertz CT molecular complexity index is 1260. The molecule has 3 aromatic carbocycles. The quantitative estimate of drug-likeness (QED) is 0.493. The minimum atomic E-state index is -0.368. The number of aryl methyl sites for hydroxylation is 3. The van der Waals surface area contributed by atoms with E-state index in [4.69, 9.17) is 4.74 Å². The molecule has 1 N–H and O–H groups in total. The molecule has 1 heterocycles. The number of ether oxygens (including phenoxy) is 1. The first-order valence-electron chi connectivity index (χ1n) is 11.1. The van der Waals surface area contributed by atoms with Gasteiger partial charge in [-0.25, -0.2) is 4.90 Å². The summed E-state index contributed by atoms with van der Waals surface area (Å²) in [5.41, 5.74) is 5.57. The highest BCUT2D eigenvalue weighted by Gasteiger charge is 2.40. The van der Waals surface area contributed by atoms with Crippen LogP contribution in [0.25, 0.3) is 5.57 Å². The highest BCUT2D eigenvalue weighted by atomic mass is 16.5. The van der Waals surface area contributed by atoms with Crippen LogP contribution in [0.2, 0.25) is 0 Å². The van der Waals surface area contributed by atoms with E-state index < -0.39 is 0 Å². The second-order valence-corrected chi connectivity index (χ2v) is 8.62. The molecule has 3 aromatic rings. The van der Waals surface area contributed by atoms with Crippen LogP contribution in [0.3, 0.4) is 0 Å². The van der Waals surface area contributed by atoms with Gasteiger partial charge in [-0.05, 0) is 81.1 Å². The second kappa shape index (κ2) is 8.94. The van der Waals surface area contributed by atoms with Crippen molar-refractivity contribution in [2.24, 2.45) is 0 Å². The summed E-state index contributed by atoms with van der Waals surface area (Å²) in [6.07, 6.45) is 0.0443. The fraction of sp³-hybridized carbons (Fsp3) is 0.214. The molecule has 5 heteroatoms. The lowest BCUT2D eigenvalue weighted by atomic mass is 10.0. The minimum Gasteiger partial charge on any atom is -0.491 e. The Balaban J connectivity index is 1.82. The summed E-state index contributed by atoms with van der Waals surface area (Å²) >= 11 is 0. The molecule has 0 saturated carbocycles. The Hall–Kier alpha value is -3.86. The number of amides is 2. The number of nitrogens with one attached hydrogen (secondary N) is 1. The number of hydrogen-bond acceptors (Lipinski definition) is 4. The molecular formula is C28H28N2O3. The summed E-state index contributed by atoms with van der Waals surface area (Å²) < 4.78 is 5.74. The smallest absolute Gasteiger partial charge is 0.282 e. The molecule has 0 fully saturated rings. The molecule has 0 atom stereocenters. The van der Waals surface area contributed by atoms with Gasteiger partial charge in [-0.15, -0.1) is 0 Å². The number of benzene rings is 3. The Morgan fingerprint density at radius 1 is 0.818 bits per heavy atom. The van der Waals surface area contributed by atoms with Crippen LogP contribution in [-0.4, -0.2) is 17.9 Å². The number of imide groups is 1. The Kier molecular flexibility index (Phi) is 6.05. The summed E-state index contributed by atoms with van der Waals surface area (Å²) in [5, 5.41) is 3.28. The molecule has 0 aromatic heterocycles. The SMILES string of the molecule is Cc1ccc(C)c(NC2=C(c3ccc(OC(C)C)cc3)C(=O)N(c3ccccc3C)C2=O)c1. The monoisotopic (exact) mass is 440 g/mol. The molecule has 0 unspecified atom stereocenters. The summed E-state index contributed by atoms with van der Waals surface area (Å²) in [6.45, 7) is 9.78. The van der Waals surface area contributed by atoms with Crippen molar-refractivity contribution in [1.82, 2.24) is 0 Å². The lowest BCUT2D eigenvalue weighted by Gasteiger charge is -2.18. The van der Waals surface area contributed by atoms with Crippen molar-refractivity contribution in [2.45, 2.75) is 40.7 Å². The number of nitrogens with zero attached hydrogens (tertiary/aromatic N) is 1. The van der Waals surface area contributed by atoms with Gasteiger partial charge < -0.3 is 10.1 Å². The van der Waals surface area contributed by atoms with Crippen LogP contribution in [0.4, 0.5) is 11.4 Å². The molecule has 5 nitrogen and oxygen atoms in total. The highest BCUT2D eigenvalue weighted by molar-refractivity contribution is 6.46. The Morgan fingerprint density at radius 2 is 1.52 bits per heavy atom. The van der Waals surface area contributed by atoms with Crippen LogP contribution in [0.1, 0.15) is 36.1 Å². The molecule has 168 valence electrons. The van der Waals surface area contributed by atoms with Crippen molar-refractivity contribution < 1.29 is 14.3 Å². The zero-order chi connectivity index (χ0) is 23.7. The average Bonchev–Trinajstić information content (AvgIpc) is 3.01. The second-order valence-electron chi connectivity index (χ2n) is 8.62. The molecule has 0 aliphatic carbocycles. The summed E-state index contributed by atoms with van der Waals surface area (Å²) in [7, 11) is 0. The maximum Gasteiger partial charge on any atom is 0.282 e. The predicted molar refractivity (Wildman–Crippen MR) is 132 cm³/mol. The molecular weight excluding hydrogens is 412 g/mol. The van der Waals surface area contributed by atoms with Gasteiger partial charge in [0.2, 0.25) is 0 Å². The summed E-state index contributed by atoms with van der Waals surface area (Å²) in [4.78, 5) is 28.5. The third-order valence-electron chi connectivity index (χ3n) is 5.61. The number of carbonyl (C=O) groups is 2. The van der Waals surface area contributed by atoms with Gasteiger partial charge in [-0.3, -0.25) is 9.59 Å². The highest BCUT2D eigenvalue weighted by Crippen LogP contribution is 2.36. The molecule has 4 rings (SSSR count). The van der Waals surface area contributed by atoms with Gasteiger partial charge in [-0.1, -0.05) is 42.5 Å². The van der Waals surface area contributed by atoms with Crippen molar-refractivity contribution in [3.63, 3.8) is 0 Å². The largest absolute Gasteiger partial charge is 0.491 e. The van der Waals surface area contributed by atoms with E-state index in [0.717, 1.165) is 22.4 Å². The van der Waals surface area contributed by atoms with Crippen LogP contribution in [0.5, 0.6) is 5.75 Å². The first kappa shape index (κ1) is 22.3. The van der Waals surface area contributed by atoms with Gasteiger partial charge in [-0.2, -0.15) is 0 Å². The number of para-hydroxylation sites is 1. The third-order valence-corrected chi connectivity index (χ3v) is 5.61. The van der Waals surface area contributed by atoms with Crippen LogP contribution in [0.15, 0.2) is 72.4 Å². The zero-order valence-corrected chi connectivity index (χ0v) is 19.6. The number of hydrogen-bond donors (Lipinski definition) is 1. The van der Waals surface area contributed by atoms with E-state index in [-0.39, 0.29) is 23.6 Å². The zero-order valence-electron chi connectivity index (χ0n) is 19.6. The lowest BCUT2D eigenvalue weighted by molar-refractivity contribution is -0.120. The fourth-order valence-corrected chi connectivity index (χ4v) is 3.92. The van der Waals surface area contributed by atoms with Crippen molar-refractivity contribution in [1.29, 1.82) is 0 Å². The van der Waals surface area contributed by atoms with E-state index in [9.17, 15) is 9.59 Å². The van der Waals surface area contributed by atoms with Gasteiger partial charge in [0.1, 0.15) is 11.4 Å². The van der Waals surface area contributed by atoms with Gasteiger partial charge >= 0.3 is 0 Å². The van der Waals surface area contributed by atoms with E-state index in [1.807, 2.05) is 95.3 Å². The van der Waals surface area contributed by atoms with Gasteiger partial charge in [0, 0.05) is 5.69 Å². The molecule has 2 amide bonds. The molecule has 1 aliphatic rings. The van der Waals surface area contributed by atoms with Crippen LogP contribution < -0.4 is 15.0 Å². The van der Waals surface area contributed by atoms with Crippen molar-refractivity contribution in [2.75, 3.05) is 10.2 Å². The van der Waals surface area contributed by atoms with E-state index in [0.29, 0.717) is 22.6 Å². The number of rotatable bonds is 6. The first-order valence-corrected chi connectivity index (χ1v) is 11.1. The minimum absolute atomic E-state index is 0.0443. The summed E-state index contributed by atoms with van der Waals surface area (Å²) in [6, 6.07) is 20.7. The van der Waals surface area contributed by atoms with Gasteiger partial charge in [0.05, 0.1) is 17.4 Å². The number of anilines is 2. The topological polar surface area (TPSA) is 58.6 Å². The molecule has 0 radical (unpaired) electrons. The number of carbonyl (C=O) groups excluding carboxylic acids is 2. The fourth-order valence-electron chi connectivity index (χ4n) is 3.92. The van der Waals surface area contributed by atoms with Crippen LogP contribution in [0, 0.1) is 20.8 Å². The van der Waals surface area contributed by atoms with E-state index in [1.54, 1.807) is 6.07 Å². The van der Waals surface area contributed by atoms with Crippen molar-refractivity contribution in [3.05, 3.63) is 94.7 Å². The molecule has 1 aliphatic heterocycles. The van der Waals surface area contributed by atoms with E-state index in [2.05, 4.69) is 5.32 Å². The average molecular weight is 441 g/mol. The molecule has 0 bridgehead atoms. The maximum absolute atomic E-state index is 13.7. The third kappa shape index (κ3) is 4.40. The predicted octanol–water partition coefficient (Wildman–Crippen LogP) is 5.80. The molecule has 33 heavy (non-hydrogen) atoms. The van der Waals surface area contributed by atoms with Gasteiger partial charge in [0.25, 0.3) is 11.8 Å². The summed E-state index contributed by atoms with van der Waals surface area (Å²) in [5.74, 6) is -0.00160. The molecule has 0 spiro atoms. The van der Waals surface area contributed by atoms with Crippen molar-refractivity contribution >= 4 is 28.8 Å². The van der Waals surface area contributed by atoms with Gasteiger partial charge in [0.15, 0.2) is 0 Å². The molecule has 0 saturated heterocycles. The first-order chi connectivity index (χ1) is 15.8. The van der Waals surface area contributed by atoms with Crippen LogP contribution >= 0.6 is 0 Å².